The zero-order valence-electron chi connectivity index (χ0n) is 14.1. The average molecular weight is 330 g/mol. The maximum atomic E-state index is 12.2. The molecule has 0 unspecified atom stereocenters. The maximum Gasteiger partial charge on any atom is 0.274 e. The van der Waals surface area contributed by atoms with Crippen LogP contribution in [0.4, 0.5) is 17.1 Å². The third-order valence-electron chi connectivity index (χ3n) is 3.74. The highest BCUT2D eigenvalue weighted by atomic mass is 16.1. The third-order valence-corrected chi connectivity index (χ3v) is 3.74. The van der Waals surface area contributed by atoms with E-state index in [-0.39, 0.29) is 5.91 Å². The van der Waals surface area contributed by atoms with Gasteiger partial charge in [0.2, 0.25) is 0 Å². The van der Waals surface area contributed by atoms with Gasteiger partial charge in [0.05, 0.1) is 11.4 Å². The van der Waals surface area contributed by atoms with E-state index in [4.69, 9.17) is 0 Å². The van der Waals surface area contributed by atoms with Crippen molar-refractivity contribution in [1.82, 2.24) is 4.98 Å². The lowest BCUT2D eigenvalue weighted by molar-refractivity contribution is 0.102. The normalized spacial score (nSPS) is 10.8. The molecule has 1 heterocycles. The zero-order valence-corrected chi connectivity index (χ0v) is 14.1. The highest BCUT2D eigenvalue weighted by molar-refractivity contribution is 6.03. The number of anilines is 1. The van der Waals surface area contributed by atoms with Gasteiger partial charge in [0.25, 0.3) is 5.91 Å². The molecule has 0 atom stereocenters. The van der Waals surface area contributed by atoms with Gasteiger partial charge in [0, 0.05) is 11.9 Å². The molecular formula is C20H18N4O. The summed E-state index contributed by atoms with van der Waals surface area (Å²) in [6.07, 6.45) is 1.59. The number of rotatable bonds is 4. The van der Waals surface area contributed by atoms with E-state index in [1.165, 1.54) is 0 Å². The summed E-state index contributed by atoms with van der Waals surface area (Å²) in [6.45, 7) is 3.91. The Morgan fingerprint density at radius 3 is 2.44 bits per heavy atom. The molecule has 0 saturated heterocycles. The van der Waals surface area contributed by atoms with Crippen molar-refractivity contribution in [3.63, 3.8) is 0 Å². The summed E-state index contributed by atoms with van der Waals surface area (Å²) < 4.78 is 0. The second-order valence-corrected chi connectivity index (χ2v) is 5.65. The van der Waals surface area contributed by atoms with Crippen LogP contribution < -0.4 is 5.32 Å². The Morgan fingerprint density at radius 1 is 0.920 bits per heavy atom. The molecule has 0 saturated carbocycles. The van der Waals surface area contributed by atoms with Crippen LogP contribution in [0.2, 0.25) is 0 Å². The molecular weight excluding hydrogens is 312 g/mol. The first-order valence-corrected chi connectivity index (χ1v) is 7.94. The quantitative estimate of drug-likeness (QED) is 0.654. The second kappa shape index (κ2) is 7.49. The van der Waals surface area contributed by atoms with Crippen molar-refractivity contribution in [2.24, 2.45) is 10.2 Å². The van der Waals surface area contributed by atoms with Gasteiger partial charge in [-0.2, -0.15) is 10.2 Å². The zero-order chi connectivity index (χ0) is 17.6. The summed E-state index contributed by atoms with van der Waals surface area (Å²) in [7, 11) is 0. The summed E-state index contributed by atoms with van der Waals surface area (Å²) in [4.78, 5) is 16.2. The Bertz CT molecular complexity index is 920. The molecule has 0 aliphatic heterocycles. The summed E-state index contributed by atoms with van der Waals surface area (Å²) >= 11 is 0. The van der Waals surface area contributed by atoms with Crippen LogP contribution in [-0.4, -0.2) is 10.9 Å². The molecule has 3 rings (SSSR count). The Labute approximate surface area is 146 Å². The van der Waals surface area contributed by atoms with E-state index in [1.54, 1.807) is 24.4 Å². The first-order chi connectivity index (χ1) is 12.1. The maximum absolute atomic E-state index is 12.2. The number of aryl methyl sites for hydroxylation is 2. The van der Waals surface area contributed by atoms with Gasteiger partial charge >= 0.3 is 0 Å². The Kier molecular flexibility index (Phi) is 4.95. The fraction of sp³-hybridized carbons (Fsp3) is 0.100. The lowest BCUT2D eigenvalue weighted by Crippen LogP contribution is -2.13. The predicted molar refractivity (Wildman–Crippen MR) is 98.7 cm³/mol. The molecule has 5 nitrogen and oxygen atoms in total. The minimum Gasteiger partial charge on any atom is -0.320 e. The highest BCUT2D eigenvalue weighted by Gasteiger charge is 2.08. The van der Waals surface area contributed by atoms with E-state index in [9.17, 15) is 4.79 Å². The number of aromatic nitrogens is 1. The van der Waals surface area contributed by atoms with Gasteiger partial charge in [-0.05, 0) is 61.4 Å². The molecule has 25 heavy (non-hydrogen) atoms. The minimum absolute atomic E-state index is 0.238. The summed E-state index contributed by atoms with van der Waals surface area (Å²) in [5.74, 6) is -0.238. The monoisotopic (exact) mass is 330 g/mol. The molecule has 2 aromatic carbocycles. The van der Waals surface area contributed by atoms with Crippen LogP contribution in [0.15, 0.2) is 77.1 Å². The van der Waals surface area contributed by atoms with Crippen molar-refractivity contribution < 1.29 is 4.79 Å². The van der Waals surface area contributed by atoms with Gasteiger partial charge < -0.3 is 5.32 Å². The Hall–Kier alpha value is -3.34. The number of azo groups is 1. The molecule has 0 spiro atoms. The van der Waals surface area contributed by atoms with Crippen molar-refractivity contribution in [2.45, 2.75) is 13.8 Å². The van der Waals surface area contributed by atoms with Gasteiger partial charge in [0.15, 0.2) is 0 Å². The smallest absolute Gasteiger partial charge is 0.274 e. The molecule has 3 aromatic rings. The van der Waals surface area contributed by atoms with Gasteiger partial charge in [-0.15, -0.1) is 0 Å². The molecule has 0 aliphatic rings. The first-order valence-electron chi connectivity index (χ1n) is 7.94. The average Bonchev–Trinajstić information content (AvgIpc) is 2.64. The highest BCUT2D eigenvalue weighted by Crippen LogP contribution is 2.25. The fourth-order valence-corrected chi connectivity index (χ4v) is 2.32. The number of hydrogen-bond acceptors (Lipinski definition) is 4. The van der Waals surface area contributed by atoms with Gasteiger partial charge in [0.1, 0.15) is 5.69 Å². The van der Waals surface area contributed by atoms with Crippen molar-refractivity contribution in [3.05, 3.63) is 83.7 Å². The molecule has 1 amide bonds. The molecule has 0 aliphatic carbocycles. The fourth-order valence-electron chi connectivity index (χ4n) is 2.32. The van der Waals surface area contributed by atoms with Gasteiger partial charge in [-0.1, -0.05) is 24.3 Å². The van der Waals surface area contributed by atoms with E-state index in [0.29, 0.717) is 5.69 Å². The van der Waals surface area contributed by atoms with Gasteiger partial charge in [-0.3, -0.25) is 9.78 Å². The molecule has 0 bridgehead atoms. The second-order valence-electron chi connectivity index (χ2n) is 5.65. The van der Waals surface area contributed by atoms with Crippen LogP contribution in [0.25, 0.3) is 0 Å². The Balaban J connectivity index is 1.75. The van der Waals surface area contributed by atoms with Crippen LogP contribution >= 0.6 is 0 Å². The van der Waals surface area contributed by atoms with E-state index < -0.39 is 0 Å². The summed E-state index contributed by atoms with van der Waals surface area (Å²) in [6, 6.07) is 18.6. The predicted octanol–water partition coefficient (Wildman–Crippen LogP) is 5.37. The van der Waals surface area contributed by atoms with Crippen LogP contribution in [0.5, 0.6) is 0 Å². The SMILES string of the molecule is Cc1ccccc1/N=N/c1ccc(NC(=O)c2ccccn2)c(C)c1. The Morgan fingerprint density at radius 2 is 1.72 bits per heavy atom. The molecule has 1 N–H and O–H groups in total. The topological polar surface area (TPSA) is 66.7 Å². The summed E-state index contributed by atoms with van der Waals surface area (Å²) in [5, 5.41) is 11.4. The van der Waals surface area contributed by atoms with E-state index in [1.807, 2.05) is 56.3 Å². The standard InChI is InChI=1S/C20H18N4O/c1-14-7-3-4-8-18(14)24-23-16-10-11-17(15(2)13-16)22-20(25)19-9-5-6-12-21-19/h3-13H,1-2H3,(H,22,25)/b24-23+. The number of nitrogens with zero attached hydrogens (tertiary/aromatic N) is 3. The number of carbonyl (C=O) groups is 1. The lowest BCUT2D eigenvalue weighted by atomic mass is 10.1. The van der Waals surface area contributed by atoms with Crippen LogP contribution in [0.3, 0.4) is 0 Å². The minimum atomic E-state index is -0.238. The van der Waals surface area contributed by atoms with E-state index in [2.05, 4.69) is 20.5 Å². The van der Waals surface area contributed by atoms with Gasteiger partial charge in [-0.25, -0.2) is 0 Å². The number of carbonyl (C=O) groups excluding carboxylic acids is 1. The van der Waals surface area contributed by atoms with Crippen molar-refractivity contribution in [1.29, 1.82) is 0 Å². The van der Waals surface area contributed by atoms with Crippen LogP contribution in [0.1, 0.15) is 21.6 Å². The first kappa shape index (κ1) is 16.5. The van der Waals surface area contributed by atoms with E-state index >= 15 is 0 Å². The molecule has 124 valence electrons. The molecule has 0 fully saturated rings. The lowest BCUT2D eigenvalue weighted by Gasteiger charge is -2.08. The van der Waals surface area contributed by atoms with Crippen LogP contribution in [-0.2, 0) is 0 Å². The molecule has 5 heteroatoms. The largest absolute Gasteiger partial charge is 0.320 e. The van der Waals surface area contributed by atoms with Crippen molar-refractivity contribution >= 4 is 23.0 Å². The number of amides is 1. The molecule has 1 aromatic heterocycles. The van der Waals surface area contributed by atoms with Crippen molar-refractivity contribution in [2.75, 3.05) is 5.32 Å². The molecule has 0 radical (unpaired) electrons. The number of hydrogen-bond donors (Lipinski definition) is 1. The number of pyridine rings is 1. The number of benzene rings is 2. The summed E-state index contributed by atoms with van der Waals surface area (Å²) in [5.41, 5.74) is 4.66. The van der Waals surface area contributed by atoms with Crippen LogP contribution in [0, 0.1) is 13.8 Å². The van der Waals surface area contributed by atoms with E-state index in [0.717, 1.165) is 28.2 Å². The van der Waals surface area contributed by atoms with Crippen molar-refractivity contribution in [3.8, 4) is 0 Å². The number of nitrogens with one attached hydrogen (secondary N) is 1. The third kappa shape index (κ3) is 4.14.